The van der Waals surface area contributed by atoms with Crippen LogP contribution < -0.4 is 24.7 Å². The SMILES string of the molecule is COc1cc(F)c(N)cc1OCc1c(F)ccc2c1OCO2. The van der Waals surface area contributed by atoms with E-state index in [4.69, 9.17) is 24.7 Å². The number of hydrogen-bond donors (Lipinski definition) is 1. The highest BCUT2D eigenvalue weighted by Crippen LogP contribution is 2.38. The lowest BCUT2D eigenvalue weighted by atomic mass is 10.2. The minimum absolute atomic E-state index is 0.0264. The zero-order chi connectivity index (χ0) is 15.7. The van der Waals surface area contributed by atoms with E-state index >= 15 is 0 Å². The second-order valence-corrected chi connectivity index (χ2v) is 4.57. The summed E-state index contributed by atoms with van der Waals surface area (Å²) < 4.78 is 48.3. The van der Waals surface area contributed by atoms with Crippen LogP contribution in [0.3, 0.4) is 0 Å². The minimum atomic E-state index is -0.618. The van der Waals surface area contributed by atoms with Crippen molar-refractivity contribution in [2.45, 2.75) is 6.61 Å². The zero-order valence-electron chi connectivity index (χ0n) is 11.7. The fourth-order valence-corrected chi connectivity index (χ4v) is 2.11. The van der Waals surface area contributed by atoms with Crippen LogP contribution in [0.15, 0.2) is 24.3 Å². The molecule has 22 heavy (non-hydrogen) atoms. The number of hydrogen-bond acceptors (Lipinski definition) is 5. The maximum absolute atomic E-state index is 13.9. The van der Waals surface area contributed by atoms with E-state index in [1.807, 2.05) is 0 Å². The van der Waals surface area contributed by atoms with Gasteiger partial charge < -0.3 is 24.7 Å². The van der Waals surface area contributed by atoms with E-state index in [2.05, 4.69) is 0 Å². The van der Waals surface area contributed by atoms with Gasteiger partial charge in [-0.15, -0.1) is 0 Å². The first-order valence-electron chi connectivity index (χ1n) is 6.43. The van der Waals surface area contributed by atoms with Crippen molar-refractivity contribution in [3.05, 3.63) is 41.5 Å². The van der Waals surface area contributed by atoms with Crippen molar-refractivity contribution >= 4 is 5.69 Å². The molecular formula is C15H13F2NO4. The summed E-state index contributed by atoms with van der Waals surface area (Å²) in [4.78, 5) is 0. The molecular weight excluding hydrogens is 296 g/mol. The van der Waals surface area contributed by atoms with Gasteiger partial charge in [-0.1, -0.05) is 0 Å². The predicted octanol–water partition coefficient (Wildman–Crippen LogP) is 2.86. The number of fused-ring (bicyclic) bond motifs is 1. The Morgan fingerprint density at radius 2 is 1.95 bits per heavy atom. The van der Waals surface area contributed by atoms with Gasteiger partial charge in [0.2, 0.25) is 6.79 Å². The molecule has 0 fully saturated rings. The number of nitrogen functional groups attached to an aromatic ring is 1. The van der Waals surface area contributed by atoms with E-state index in [1.165, 1.54) is 25.3 Å². The Morgan fingerprint density at radius 3 is 2.73 bits per heavy atom. The van der Waals surface area contributed by atoms with Crippen molar-refractivity contribution < 1.29 is 27.7 Å². The van der Waals surface area contributed by atoms with Crippen molar-refractivity contribution in [3.63, 3.8) is 0 Å². The number of methoxy groups -OCH3 is 1. The van der Waals surface area contributed by atoms with Gasteiger partial charge in [0.25, 0.3) is 0 Å². The Hall–Kier alpha value is -2.70. The molecule has 0 bridgehead atoms. The smallest absolute Gasteiger partial charge is 0.231 e. The summed E-state index contributed by atoms with van der Waals surface area (Å²) in [5.74, 6) is 0.0137. The van der Waals surface area contributed by atoms with Crippen LogP contribution in [0, 0.1) is 11.6 Å². The lowest BCUT2D eigenvalue weighted by molar-refractivity contribution is 0.171. The molecule has 2 aromatic rings. The number of benzene rings is 2. The molecule has 7 heteroatoms. The summed E-state index contributed by atoms with van der Waals surface area (Å²) in [5.41, 5.74) is 5.62. The molecule has 2 N–H and O–H groups in total. The zero-order valence-corrected chi connectivity index (χ0v) is 11.7. The Morgan fingerprint density at radius 1 is 1.14 bits per heavy atom. The Bertz CT molecular complexity index is 721. The van der Waals surface area contributed by atoms with E-state index in [9.17, 15) is 8.78 Å². The fourth-order valence-electron chi connectivity index (χ4n) is 2.11. The topological polar surface area (TPSA) is 62.9 Å². The highest BCUT2D eigenvalue weighted by Gasteiger charge is 2.22. The van der Waals surface area contributed by atoms with Crippen molar-refractivity contribution in [2.75, 3.05) is 19.6 Å². The summed E-state index contributed by atoms with van der Waals surface area (Å²) >= 11 is 0. The van der Waals surface area contributed by atoms with Crippen LogP contribution in [0.2, 0.25) is 0 Å². The largest absolute Gasteiger partial charge is 0.493 e. The van der Waals surface area contributed by atoms with Crippen molar-refractivity contribution in [1.29, 1.82) is 0 Å². The molecule has 1 heterocycles. The molecule has 0 aromatic heterocycles. The molecule has 0 radical (unpaired) electrons. The average molecular weight is 309 g/mol. The number of rotatable bonds is 4. The first kappa shape index (κ1) is 14.2. The van der Waals surface area contributed by atoms with E-state index in [-0.39, 0.29) is 36.1 Å². The monoisotopic (exact) mass is 309 g/mol. The molecule has 0 aliphatic carbocycles. The van der Waals surface area contributed by atoms with Crippen LogP contribution in [0.4, 0.5) is 14.5 Å². The van der Waals surface area contributed by atoms with E-state index in [0.29, 0.717) is 11.5 Å². The number of anilines is 1. The van der Waals surface area contributed by atoms with E-state index < -0.39 is 11.6 Å². The molecule has 3 rings (SSSR count). The fraction of sp³-hybridized carbons (Fsp3) is 0.200. The summed E-state index contributed by atoms with van der Waals surface area (Å²) in [5, 5.41) is 0. The molecule has 0 atom stereocenters. The second kappa shape index (κ2) is 5.59. The van der Waals surface area contributed by atoms with Crippen LogP contribution in [0.25, 0.3) is 0 Å². The molecule has 1 aliphatic rings. The minimum Gasteiger partial charge on any atom is -0.493 e. The van der Waals surface area contributed by atoms with E-state index in [0.717, 1.165) is 6.07 Å². The first-order chi connectivity index (χ1) is 10.6. The van der Waals surface area contributed by atoms with Crippen LogP contribution in [-0.2, 0) is 6.61 Å². The highest BCUT2D eigenvalue weighted by molar-refractivity contribution is 5.54. The molecule has 116 valence electrons. The van der Waals surface area contributed by atoms with Crippen molar-refractivity contribution in [1.82, 2.24) is 0 Å². The molecule has 5 nitrogen and oxygen atoms in total. The van der Waals surface area contributed by atoms with Crippen molar-refractivity contribution in [2.24, 2.45) is 0 Å². The molecule has 2 aromatic carbocycles. The third kappa shape index (κ3) is 2.45. The van der Waals surface area contributed by atoms with Gasteiger partial charge in [0.15, 0.2) is 23.0 Å². The Labute approximate surface area is 125 Å². The quantitative estimate of drug-likeness (QED) is 0.880. The summed E-state index contributed by atoms with van der Waals surface area (Å²) in [7, 11) is 1.37. The van der Waals surface area contributed by atoms with Crippen LogP contribution in [0.5, 0.6) is 23.0 Å². The van der Waals surface area contributed by atoms with Gasteiger partial charge in [-0.2, -0.15) is 0 Å². The molecule has 0 unspecified atom stereocenters. The van der Waals surface area contributed by atoms with Gasteiger partial charge in [0, 0.05) is 12.1 Å². The van der Waals surface area contributed by atoms with Gasteiger partial charge >= 0.3 is 0 Å². The van der Waals surface area contributed by atoms with E-state index in [1.54, 1.807) is 0 Å². The Kier molecular flexibility index (Phi) is 3.62. The lowest BCUT2D eigenvalue weighted by Crippen LogP contribution is -2.03. The lowest BCUT2D eigenvalue weighted by Gasteiger charge is -2.13. The molecule has 0 spiro atoms. The average Bonchev–Trinajstić information content (AvgIpc) is 2.98. The molecule has 0 saturated carbocycles. The third-order valence-electron chi connectivity index (χ3n) is 3.24. The van der Waals surface area contributed by atoms with Crippen LogP contribution >= 0.6 is 0 Å². The van der Waals surface area contributed by atoms with Gasteiger partial charge in [-0.3, -0.25) is 0 Å². The maximum Gasteiger partial charge on any atom is 0.231 e. The molecule has 0 amide bonds. The second-order valence-electron chi connectivity index (χ2n) is 4.57. The molecule has 0 saturated heterocycles. The first-order valence-corrected chi connectivity index (χ1v) is 6.43. The van der Waals surface area contributed by atoms with Crippen molar-refractivity contribution in [3.8, 4) is 23.0 Å². The summed E-state index contributed by atoms with van der Waals surface area (Å²) in [6.07, 6.45) is 0. The van der Waals surface area contributed by atoms with Gasteiger partial charge in [-0.25, -0.2) is 8.78 Å². The van der Waals surface area contributed by atoms with Gasteiger partial charge in [-0.05, 0) is 12.1 Å². The maximum atomic E-state index is 13.9. The standard InChI is InChI=1S/C15H13F2NO4/c1-19-13-4-10(17)11(18)5-14(13)20-6-8-9(16)2-3-12-15(8)22-7-21-12/h2-5H,6-7,18H2,1H3. The predicted molar refractivity (Wildman–Crippen MR) is 74.2 cm³/mol. The number of halogens is 2. The van der Waals surface area contributed by atoms with Gasteiger partial charge in [0.05, 0.1) is 18.4 Å². The van der Waals surface area contributed by atoms with Crippen LogP contribution in [0.1, 0.15) is 5.56 Å². The highest BCUT2D eigenvalue weighted by atomic mass is 19.1. The summed E-state index contributed by atoms with van der Waals surface area (Å²) in [6.45, 7) is -0.113. The number of nitrogens with two attached hydrogens (primary N) is 1. The van der Waals surface area contributed by atoms with Crippen LogP contribution in [-0.4, -0.2) is 13.9 Å². The third-order valence-corrected chi connectivity index (χ3v) is 3.24. The normalized spacial score (nSPS) is 12.3. The molecule has 1 aliphatic heterocycles. The van der Waals surface area contributed by atoms with Gasteiger partial charge in [0.1, 0.15) is 18.2 Å². The number of ether oxygens (including phenoxy) is 4. The Balaban J connectivity index is 1.88. The summed E-state index contributed by atoms with van der Waals surface area (Å²) in [6, 6.07) is 5.14.